The number of likely N-dealkylation sites (N-methyl/N-ethyl adjacent to an activating group) is 1. The third-order valence-corrected chi connectivity index (χ3v) is 4.20. The van der Waals surface area contributed by atoms with Gasteiger partial charge in [-0.05, 0) is 50.6 Å². The van der Waals surface area contributed by atoms with Gasteiger partial charge in [0.1, 0.15) is 0 Å². The molecule has 0 amide bonds. The van der Waals surface area contributed by atoms with Crippen LogP contribution in [0.2, 0.25) is 0 Å². The van der Waals surface area contributed by atoms with E-state index in [-0.39, 0.29) is 17.3 Å². The summed E-state index contributed by atoms with van der Waals surface area (Å²) < 4.78 is 19.4. The molecule has 2 N–H and O–H groups in total. The number of nitrogens with zero attached hydrogens (tertiary/aromatic N) is 1. The second kappa shape index (κ2) is 8.59. The van der Waals surface area contributed by atoms with Gasteiger partial charge >= 0.3 is 5.97 Å². The molecule has 0 radical (unpaired) electrons. The Morgan fingerprint density at radius 2 is 2.26 bits per heavy atom. The Bertz CT molecular complexity index is 661. The van der Waals surface area contributed by atoms with Crippen molar-refractivity contribution >= 4 is 17.3 Å². The van der Waals surface area contributed by atoms with E-state index in [1.54, 1.807) is 6.07 Å². The molecule has 0 atom stereocenters. The SMILES string of the molecule is CNCCc1ccc(OCCCc2scnc2C(=O)O)c(F)c1. The summed E-state index contributed by atoms with van der Waals surface area (Å²) in [6, 6.07) is 4.97. The number of carbonyl (C=O) groups is 1. The Hall–Kier alpha value is -1.99. The number of hydrogen-bond acceptors (Lipinski definition) is 5. The van der Waals surface area contributed by atoms with Crippen molar-refractivity contribution in [3.8, 4) is 5.75 Å². The zero-order valence-electron chi connectivity index (χ0n) is 12.8. The van der Waals surface area contributed by atoms with Crippen LogP contribution in [-0.4, -0.2) is 36.3 Å². The van der Waals surface area contributed by atoms with E-state index in [2.05, 4.69) is 10.3 Å². The van der Waals surface area contributed by atoms with Crippen LogP contribution in [0, 0.1) is 5.82 Å². The van der Waals surface area contributed by atoms with Crippen molar-refractivity contribution in [3.05, 3.63) is 45.7 Å². The van der Waals surface area contributed by atoms with Gasteiger partial charge < -0.3 is 15.2 Å². The minimum absolute atomic E-state index is 0.0927. The predicted molar refractivity (Wildman–Crippen MR) is 86.9 cm³/mol. The number of hydrogen-bond donors (Lipinski definition) is 2. The lowest BCUT2D eigenvalue weighted by Gasteiger charge is -2.08. The van der Waals surface area contributed by atoms with Gasteiger partial charge in [0.25, 0.3) is 0 Å². The quantitative estimate of drug-likeness (QED) is 0.688. The van der Waals surface area contributed by atoms with Gasteiger partial charge in [-0.3, -0.25) is 0 Å². The fraction of sp³-hybridized carbons (Fsp3) is 0.375. The maximum Gasteiger partial charge on any atom is 0.355 e. The first kappa shape index (κ1) is 17.4. The van der Waals surface area contributed by atoms with Crippen molar-refractivity contribution in [2.24, 2.45) is 0 Å². The van der Waals surface area contributed by atoms with E-state index in [1.807, 2.05) is 13.1 Å². The van der Waals surface area contributed by atoms with Crippen molar-refractivity contribution in [1.82, 2.24) is 10.3 Å². The van der Waals surface area contributed by atoms with E-state index in [0.29, 0.717) is 24.3 Å². The molecule has 5 nitrogen and oxygen atoms in total. The summed E-state index contributed by atoms with van der Waals surface area (Å²) in [5.41, 5.74) is 2.53. The molecule has 0 saturated heterocycles. The molecule has 0 spiro atoms. The summed E-state index contributed by atoms with van der Waals surface area (Å²) in [4.78, 5) is 15.5. The lowest BCUT2D eigenvalue weighted by Crippen LogP contribution is -2.10. The minimum Gasteiger partial charge on any atom is -0.491 e. The van der Waals surface area contributed by atoms with Crippen molar-refractivity contribution in [1.29, 1.82) is 0 Å². The molecule has 0 aliphatic heterocycles. The van der Waals surface area contributed by atoms with Gasteiger partial charge in [0.2, 0.25) is 0 Å². The first-order chi connectivity index (χ1) is 11.1. The highest BCUT2D eigenvalue weighted by molar-refractivity contribution is 7.09. The van der Waals surface area contributed by atoms with Crippen LogP contribution in [0.25, 0.3) is 0 Å². The average molecular weight is 338 g/mol. The van der Waals surface area contributed by atoms with E-state index in [4.69, 9.17) is 9.84 Å². The summed E-state index contributed by atoms with van der Waals surface area (Å²) in [5.74, 6) is -1.17. The maximum absolute atomic E-state index is 13.9. The first-order valence-electron chi connectivity index (χ1n) is 7.33. The lowest BCUT2D eigenvalue weighted by atomic mass is 10.1. The van der Waals surface area contributed by atoms with Crippen LogP contribution >= 0.6 is 11.3 Å². The molecular weight excluding hydrogens is 319 g/mol. The molecular formula is C16H19FN2O3S. The summed E-state index contributed by atoms with van der Waals surface area (Å²) in [7, 11) is 1.85. The van der Waals surface area contributed by atoms with Crippen LogP contribution in [0.15, 0.2) is 23.7 Å². The highest BCUT2D eigenvalue weighted by Gasteiger charge is 2.13. The Balaban J connectivity index is 1.82. The summed E-state index contributed by atoms with van der Waals surface area (Å²) in [5, 5.41) is 12.0. The Morgan fingerprint density at radius 1 is 1.43 bits per heavy atom. The van der Waals surface area contributed by atoms with Crippen molar-refractivity contribution < 1.29 is 19.0 Å². The van der Waals surface area contributed by atoms with Crippen molar-refractivity contribution in [2.45, 2.75) is 19.3 Å². The van der Waals surface area contributed by atoms with Gasteiger partial charge in [-0.15, -0.1) is 11.3 Å². The minimum atomic E-state index is -1.02. The van der Waals surface area contributed by atoms with E-state index in [0.717, 1.165) is 18.5 Å². The molecule has 1 aromatic carbocycles. The third kappa shape index (κ3) is 5.01. The second-order valence-corrected chi connectivity index (χ2v) is 5.94. The van der Waals surface area contributed by atoms with Crippen LogP contribution in [-0.2, 0) is 12.8 Å². The van der Waals surface area contributed by atoms with Crippen molar-refractivity contribution in [3.63, 3.8) is 0 Å². The van der Waals surface area contributed by atoms with Crippen molar-refractivity contribution in [2.75, 3.05) is 20.2 Å². The molecule has 2 rings (SSSR count). The molecule has 0 aliphatic rings. The number of halogens is 1. The molecule has 2 aromatic rings. The molecule has 0 unspecified atom stereocenters. The van der Waals surface area contributed by atoms with Gasteiger partial charge in [0, 0.05) is 4.88 Å². The number of aromatic carboxylic acids is 1. The van der Waals surface area contributed by atoms with Gasteiger partial charge in [-0.25, -0.2) is 14.2 Å². The smallest absolute Gasteiger partial charge is 0.355 e. The Labute approximate surface area is 138 Å². The predicted octanol–water partition coefficient (Wildman–Crippen LogP) is 2.75. The summed E-state index contributed by atoms with van der Waals surface area (Å²) >= 11 is 1.31. The standard InChI is InChI=1S/C16H19FN2O3S/c1-18-7-6-11-4-5-13(12(17)9-11)22-8-2-3-14-15(16(20)21)19-10-23-14/h4-5,9-10,18H,2-3,6-8H2,1H3,(H,20,21). The van der Waals surface area contributed by atoms with E-state index >= 15 is 0 Å². The molecule has 1 aromatic heterocycles. The van der Waals surface area contributed by atoms with Gasteiger partial charge in [0.15, 0.2) is 17.3 Å². The normalized spacial score (nSPS) is 10.7. The molecule has 1 heterocycles. The third-order valence-electron chi connectivity index (χ3n) is 3.31. The second-order valence-electron chi connectivity index (χ2n) is 5.00. The number of aromatic nitrogens is 1. The van der Waals surface area contributed by atoms with E-state index in [1.165, 1.54) is 22.9 Å². The van der Waals surface area contributed by atoms with Gasteiger partial charge in [0.05, 0.1) is 12.1 Å². The number of nitrogens with one attached hydrogen (secondary N) is 1. The molecule has 0 aliphatic carbocycles. The molecule has 0 fully saturated rings. The average Bonchev–Trinajstić information content (AvgIpc) is 2.99. The zero-order chi connectivity index (χ0) is 16.7. The molecule has 0 saturated carbocycles. The van der Waals surface area contributed by atoms with Gasteiger partial charge in [-0.2, -0.15) is 0 Å². The molecule has 0 bridgehead atoms. The number of thiazole rings is 1. The first-order valence-corrected chi connectivity index (χ1v) is 8.21. The number of benzene rings is 1. The van der Waals surface area contributed by atoms with Crippen LogP contribution in [0.4, 0.5) is 4.39 Å². The summed E-state index contributed by atoms with van der Waals surface area (Å²) in [6.45, 7) is 1.12. The van der Waals surface area contributed by atoms with Crippen LogP contribution in [0.5, 0.6) is 5.75 Å². The molecule has 7 heteroatoms. The van der Waals surface area contributed by atoms with Crippen LogP contribution in [0.3, 0.4) is 0 Å². The molecule has 23 heavy (non-hydrogen) atoms. The molecule has 124 valence electrons. The van der Waals surface area contributed by atoms with Crippen LogP contribution in [0.1, 0.15) is 27.3 Å². The Morgan fingerprint density at radius 3 is 2.96 bits per heavy atom. The maximum atomic E-state index is 13.9. The lowest BCUT2D eigenvalue weighted by molar-refractivity contribution is 0.0690. The Kier molecular flexibility index (Phi) is 6.49. The monoisotopic (exact) mass is 338 g/mol. The summed E-state index contributed by atoms with van der Waals surface area (Å²) in [6.07, 6.45) is 1.91. The largest absolute Gasteiger partial charge is 0.491 e. The number of rotatable bonds is 9. The van der Waals surface area contributed by atoms with Gasteiger partial charge in [-0.1, -0.05) is 6.07 Å². The fourth-order valence-electron chi connectivity index (χ4n) is 2.12. The fourth-order valence-corrected chi connectivity index (χ4v) is 2.92. The van der Waals surface area contributed by atoms with Crippen LogP contribution < -0.4 is 10.1 Å². The highest BCUT2D eigenvalue weighted by Crippen LogP contribution is 2.20. The number of aryl methyl sites for hydroxylation is 1. The zero-order valence-corrected chi connectivity index (χ0v) is 13.7. The topological polar surface area (TPSA) is 71.5 Å². The highest BCUT2D eigenvalue weighted by atomic mass is 32.1. The number of ether oxygens (including phenoxy) is 1. The van der Waals surface area contributed by atoms with E-state index in [9.17, 15) is 9.18 Å². The van der Waals surface area contributed by atoms with E-state index < -0.39 is 5.97 Å². The number of carboxylic acids is 1. The number of carboxylic acid groups (broad SMARTS) is 1.